The van der Waals surface area contributed by atoms with Crippen molar-refractivity contribution in [1.29, 1.82) is 0 Å². The summed E-state index contributed by atoms with van der Waals surface area (Å²) in [5.41, 5.74) is 2.66. The van der Waals surface area contributed by atoms with Gasteiger partial charge in [-0.15, -0.1) is 0 Å². The van der Waals surface area contributed by atoms with Crippen LogP contribution in [0.15, 0.2) is 81.3 Å². The number of ether oxygens (including phenoxy) is 3. The van der Waals surface area contributed by atoms with E-state index in [-0.39, 0.29) is 4.90 Å². The van der Waals surface area contributed by atoms with E-state index >= 15 is 0 Å². The molecule has 8 nitrogen and oxygen atoms in total. The molecule has 256 valence electrons. The second-order valence-corrected chi connectivity index (χ2v) is 13.5. The molecule has 47 heavy (non-hydrogen) atoms. The van der Waals surface area contributed by atoms with E-state index < -0.39 is 22.0 Å². The van der Waals surface area contributed by atoms with Gasteiger partial charge >= 0.3 is 5.97 Å². The minimum atomic E-state index is -4.05. The Morgan fingerprint density at radius 3 is 1.79 bits per heavy atom. The molecule has 0 saturated carbocycles. The maximum atomic E-state index is 13.1. The number of sulfonamides is 1. The summed E-state index contributed by atoms with van der Waals surface area (Å²) in [5, 5.41) is 4.37. The standard InChI is InChI=1S/C38H52N2O6S/c1-5-7-9-11-13-15-27-45-35-26-23-33(29-36(35)46-28-16-14-12-10-8-6-2)37(31-19-21-32(22-20-31)38(41)44-4)39-40-47(42,43)34-24-17-30(3)18-25-34/h17-26,29,37H,5-16,27-28H2,1-4H3. The molecule has 0 aromatic heterocycles. The van der Waals surface area contributed by atoms with Gasteiger partial charge in [0.05, 0.1) is 30.8 Å². The zero-order valence-corrected chi connectivity index (χ0v) is 29.4. The average Bonchev–Trinajstić information content (AvgIpc) is 3.08. The van der Waals surface area contributed by atoms with E-state index in [4.69, 9.17) is 14.2 Å². The van der Waals surface area contributed by atoms with Gasteiger partial charge in [0.15, 0.2) is 11.5 Å². The summed E-state index contributed by atoms with van der Waals surface area (Å²) in [6.07, 6.45) is 13.9. The number of methoxy groups -OCH3 is 1. The fourth-order valence-electron chi connectivity index (χ4n) is 5.17. The van der Waals surface area contributed by atoms with Crippen LogP contribution in [-0.4, -0.2) is 34.7 Å². The van der Waals surface area contributed by atoms with Gasteiger partial charge in [-0.05, 0) is 67.3 Å². The highest BCUT2D eigenvalue weighted by molar-refractivity contribution is 7.90. The highest BCUT2D eigenvalue weighted by Gasteiger charge is 2.20. The Labute approximate surface area is 282 Å². The quantitative estimate of drug-likeness (QED) is 0.0601. The van der Waals surface area contributed by atoms with Crippen LogP contribution >= 0.6 is 0 Å². The summed E-state index contributed by atoms with van der Waals surface area (Å²) in [7, 11) is -2.73. The highest BCUT2D eigenvalue weighted by atomic mass is 32.2. The Balaban J connectivity index is 1.90. The van der Waals surface area contributed by atoms with Crippen LogP contribution in [0.2, 0.25) is 0 Å². The van der Waals surface area contributed by atoms with Crippen molar-refractivity contribution in [2.24, 2.45) is 9.63 Å². The third-order valence-corrected chi connectivity index (χ3v) is 9.21. The molecule has 0 heterocycles. The number of unbranched alkanes of at least 4 members (excludes halogenated alkanes) is 10. The third-order valence-electron chi connectivity index (χ3n) is 8.03. The fraction of sp³-hybridized carbons (Fsp3) is 0.500. The van der Waals surface area contributed by atoms with Gasteiger partial charge in [0.25, 0.3) is 10.0 Å². The second kappa shape index (κ2) is 20.5. The number of hydrogen-bond donors (Lipinski definition) is 0. The van der Waals surface area contributed by atoms with Crippen LogP contribution in [-0.2, 0) is 14.8 Å². The maximum Gasteiger partial charge on any atom is 0.337 e. The lowest BCUT2D eigenvalue weighted by atomic mass is 9.98. The Hall–Kier alpha value is -3.72. The third kappa shape index (κ3) is 12.8. The van der Waals surface area contributed by atoms with E-state index in [2.05, 4.69) is 23.5 Å². The molecular formula is C38H52N2O6S. The predicted octanol–water partition coefficient (Wildman–Crippen LogP) is 10.2. The molecule has 9 heteroatoms. The number of carbonyl (C=O) groups excluding carboxylic acids is 1. The Morgan fingerprint density at radius 2 is 1.21 bits per heavy atom. The smallest absolute Gasteiger partial charge is 0.337 e. The van der Waals surface area contributed by atoms with Gasteiger partial charge in [-0.1, -0.05) is 118 Å². The summed E-state index contributed by atoms with van der Waals surface area (Å²) in [6, 6.07) is 18.0. The van der Waals surface area contributed by atoms with Crippen LogP contribution in [0.4, 0.5) is 0 Å². The molecule has 0 saturated heterocycles. The summed E-state index contributed by atoms with van der Waals surface area (Å²) in [5.74, 6) is 0.779. The van der Waals surface area contributed by atoms with E-state index in [1.54, 1.807) is 36.4 Å². The second-order valence-electron chi connectivity index (χ2n) is 11.9. The zero-order chi connectivity index (χ0) is 33.9. The summed E-state index contributed by atoms with van der Waals surface area (Å²) >= 11 is 0. The van der Waals surface area contributed by atoms with Gasteiger partial charge in [-0.2, -0.15) is 13.5 Å². The van der Waals surface area contributed by atoms with Crippen molar-refractivity contribution in [3.05, 3.63) is 89.0 Å². The topological polar surface area (TPSA) is 104 Å². The number of carbonyl (C=O) groups is 1. The van der Waals surface area contributed by atoms with Crippen molar-refractivity contribution >= 4 is 16.0 Å². The van der Waals surface area contributed by atoms with Gasteiger partial charge in [0.1, 0.15) is 6.04 Å². The van der Waals surface area contributed by atoms with Crippen LogP contribution in [0.1, 0.15) is 124 Å². The van der Waals surface area contributed by atoms with Crippen LogP contribution in [0, 0.1) is 6.92 Å². The molecule has 0 bridgehead atoms. The minimum Gasteiger partial charge on any atom is -0.490 e. The Kier molecular flexibility index (Phi) is 16.5. The zero-order valence-electron chi connectivity index (χ0n) is 28.6. The largest absolute Gasteiger partial charge is 0.490 e. The first-order valence-corrected chi connectivity index (χ1v) is 18.5. The number of nitrogens with zero attached hydrogens (tertiary/aromatic N) is 2. The summed E-state index contributed by atoms with van der Waals surface area (Å²) < 4.78 is 47.5. The number of hydrogen-bond acceptors (Lipinski definition) is 7. The highest BCUT2D eigenvalue weighted by Crippen LogP contribution is 2.36. The first-order chi connectivity index (χ1) is 22.8. The van der Waals surface area contributed by atoms with Crippen molar-refractivity contribution < 1.29 is 27.4 Å². The molecule has 3 aromatic carbocycles. The summed E-state index contributed by atoms with van der Waals surface area (Å²) in [6.45, 7) is 7.45. The van der Waals surface area contributed by atoms with E-state index in [1.165, 1.54) is 70.6 Å². The average molecular weight is 665 g/mol. The van der Waals surface area contributed by atoms with Crippen molar-refractivity contribution in [3.63, 3.8) is 0 Å². The lowest BCUT2D eigenvalue weighted by Gasteiger charge is -2.18. The predicted molar refractivity (Wildman–Crippen MR) is 187 cm³/mol. The van der Waals surface area contributed by atoms with E-state index in [1.807, 2.05) is 25.1 Å². The van der Waals surface area contributed by atoms with E-state index in [9.17, 15) is 13.2 Å². The monoisotopic (exact) mass is 664 g/mol. The summed E-state index contributed by atoms with van der Waals surface area (Å²) in [4.78, 5) is 12.1. The molecule has 1 unspecified atom stereocenters. The molecular weight excluding hydrogens is 612 g/mol. The Bertz CT molecular complexity index is 1490. The minimum absolute atomic E-state index is 0.0630. The van der Waals surface area contributed by atoms with E-state index in [0.717, 1.165) is 31.2 Å². The molecule has 0 aliphatic heterocycles. The van der Waals surface area contributed by atoms with Crippen LogP contribution < -0.4 is 9.47 Å². The molecule has 0 aliphatic rings. The van der Waals surface area contributed by atoms with Crippen LogP contribution in [0.5, 0.6) is 11.5 Å². The molecule has 0 N–H and O–H groups in total. The first-order valence-electron chi connectivity index (χ1n) is 17.1. The molecule has 0 radical (unpaired) electrons. The van der Waals surface area contributed by atoms with Crippen molar-refractivity contribution in [2.75, 3.05) is 20.3 Å². The molecule has 0 fully saturated rings. The first kappa shape index (κ1) is 37.7. The van der Waals surface area contributed by atoms with Gasteiger partial charge in [-0.25, -0.2) is 4.79 Å². The number of aryl methyl sites for hydroxylation is 1. The van der Waals surface area contributed by atoms with Crippen molar-refractivity contribution in [3.8, 4) is 11.5 Å². The number of esters is 1. The molecule has 3 aromatic rings. The maximum absolute atomic E-state index is 13.1. The number of rotatable bonds is 22. The molecule has 0 aliphatic carbocycles. The Morgan fingerprint density at radius 1 is 0.681 bits per heavy atom. The lowest BCUT2D eigenvalue weighted by molar-refractivity contribution is 0.0600. The number of benzene rings is 3. The molecule has 1 atom stereocenters. The molecule has 0 spiro atoms. The SMILES string of the molecule is CCCCCCCCOc1ccc(C(N=NS(=O)(=O)c2ccc(C)cc2)c2ccc(C(=O)OC)cc2)cc1OCCCCCCCC. The fourth-order valence-corrected chi connectivity index (χ4v) is 5.96. The van der Waals surface area contributed by atoms with E-state index in [0.29, 0.717) is 41.4 Å². The van der Waals surface area contributed by atoms with Crippen molar-refractivity contribution in [2.45, 2.75) is 109 Å². The molecule has 3 rings (SSSR count). The lowest BCUT2D eigenvalue weighted by Crippen LogP contribution is -2.06. The van der Waals surface area contributed by atoms with Crippen LogP contribution in [0.3, 0.4) is 0 Å². The van der Waals surface area contributed by atoms with Crippen LogP contribution in [0.25, 0.3) is 0 Å². The van der Waals surface area contributed by atoms with Gasteiger partial charge in [-0.3, -0.25) is 0 Å². The van der Waals surface area contributed by atoms with Gasteiger partial charge in [0, 0.05) is 0 Å². The normalized spacial score (nSPS) is 12.3. The van der Waals surface area contributed by atoms with Crippen molar-refractivity contribution in [1.82, 2.24) is 0 Å². The van der Waals surface area contributed by atoms with Gasteiger partial charge < -0.3 is 14.2 Å². The van der Waals surface area contributed by atoms with Gasteiger partial charge in [0.2, 0.25) is 0 Å². The molecule has 0 amide bonds.